The fourth-order valence-electron chi connectivity index (χ4n) is 2.90. The number of carbonyl (C=O) groups is 2. The highest BCUT2D eigenvalue weighted by Gasteiger charge is 2.24. The molecule has 2 aromatic carbocycles. The van der Waals surface area contributed by atoms with E-state index >= 15 is 0 Å². The third kappa shape index (κ3) is 5.91. The smallest absolute Gasteiger partial charge is 0.246 e. The van der Waals surface area contributed by atoms with Crippen LogP contribution in [-0.4, -0.2) is 56.3 Å². The van der Waals surface area contributed by atoms with Crippen LogP contribution in [0.3, 0.4) is 0 Å². The lowest BCUT2D eigenvalue weighted by atomic mass is 10.0. The molecule has 0 aliphatic heterocycles. The summed E-state index contributed by atoms with van der Waals surface area (Å²) in [5.41, 5.74) is 3.18. The molecule has 0 aliphatic carbocycles. The van der Waals surface area contributed by atoms with E-state index < -0.39 is 6.04 Å². The van der Waals surface area contributed by atoms with E-state index in [1.165, 1.54) is 0 Å². The summed E-state index contributed by atoms with van der Waals surface area (Å²) < 4.78 is 0. The summed E-state index contributed by atoms with van der Waals surface area (Å²) in [5.74, 6) is -0.288. The van der Waals surface area contributed by atoms with Crippen LogP contribution in [0.4, 0.5) is 11.4 Å². The molecule has 1 atom stereocenters. The van der Waals surface area contributed by atoms with Crippen molar-refractivity contribution in [2.24, 2.45) is 0 Å². The summed E-state index contributed by atoms with van der Waals surface area (Å²) in [6, 6.07) is 14.7. The van der Waals surface area contributed by atoms with Gasteiger partial charge in [0.2, 0.25) is 11.8 Å². The first-order chi connectivity index (χ1) is 12.8. The van der Waals surface area contributed by atoms with Crippen molar-refractivity contribution in [3.8, 4) is 0 Å². The molecule has 0 radical (unpaired) electrons. The van der Waals surface area contributed by atoms with Crippen LogP contribution >= 0.6 is 0 Å². The average Bonchev–Trinajstić information content (AvgIpc) is 2.55. The molecule has 6 heteroatoms. The summed E-state index contributed by atoms with van der Waals surface area (Å²) in [6.45, 7) is 2.27. The molecule has 144 valence electrons. The Labute approximate surface area is 161 Å². The van der Waals surface area contributed by atoms with Crippen molar-refractivity contribution in [1.82, 2.24) is 9.80 Å². The van der Waals surface area contributed by atoms with Gasteiger partial charge in [0.05, 0.1) is 17.9 Å². The maximum Gasteiger partial charge on any atom is 0.246 e. The van der Waals surface area contributed by atoms with Gasteiger partial charge in [0, 0.05) is 0 Å². The molecule has 27 heavy (non-hydrogen) atoms. The Morgan fingerprint density at radius 3 is 2.11 bits per heavy atom. The van der Waals surface area contributed by atoms with Gasteiger partial charge < -0.3 is 15.5 Å². The first kappa shape index (κ1) is 20.6. The van der Waals surface area contributed by atoms with E-state index in [1.54, 1.807) is 17.0 Å². The topological polar surface area (TPSA) is 64.7 Å². The van der Waals surface area contributed by atoms with Crippen molar-refractivity contribution in [3.05, 3.63) is 59.7 Å². The van der Waals surface area contributed by atoms with Crippen molar-refractivity contribution in [3.63, 3.8) is 0 Å². The quantitative estimate of drug-likeness (QED) is 0.789. The fraction of sp³-hybridized carbons (Fsp3) is 0.333. The van der Waals surface area contributed by atoms with Crippen molar-refractivity contribution in [2.45, 2.75) is 13.0 Å². The molecule has 6 nitrogen and oxygen atoms in total. The molecule has 0 fully saturated rings. The lowest BCUT2D eigenvalue weighted by Crippen LogP contribution is -2.33. The summed E-state index contributed by atoms with van der Waals surface area (Å²) in [6.07, 6.45) is 0. The first-order valence-corrected chi connectivity index (χ1v) is 8.85. The Hall–Kier alpha value is -2.70. The zero-order valence-electron chi connectivity index (χ0n) is 16.6. The van der Waals surface area contributed by atoms with Crippen LogP contribution in [0.25, 0.3) is 0 Å². The monoisotopic (exact) mass is 368 g/mol. The lowest BCUT2D eigenvalue weighted by Gasteiger charge is -2.25. The molecule has 0 saturated carbocycles. The number of rotatable bonds is 7. The molecule has 0 heterocycles. The van der Waals surface area contributed by atoms with Gasteiger partial charge in [-0.05, 0) is 52.8 Å². The molecular formula is C21H28N4O2. The molecule has 0 aliphatic rings. The van der Waals surface area contributed by atoms with E-state index in [4.69, 9.17) is 0 Å². The second kappa shape index (κ2) is 9.30. The standard InChI is InChI=1S/C21H28N4O2/c1-15-9-8-10-16(13-15)20(25(4)5)21(27)23-18-12-7-6-11-17(18)22-19(26)14-24(2)3/h6-13,20H,14H2,1-5H3,(H,22,26)(H,23,27). The molecule has 2 rings (SSSR count). The first-order valence-electron chi connectivity index (χ1n) is 8.85. The number of likely N-dealkylation sites (N-methyl/N-ethyl adjacent to an activating group) is 2. The molecule has 2 aromatic rings. The number of benzene rings is 2. The maximum absolute atomic E-state index is 13.0. The van der Waals surface area contributed by atoms with Gasteiger partial charge in [0.25, 0.3) is 0 Å². The summed E-state index contributed by atoms with van der Waals surface area (Å²) in [4.78, 5) is 28.8. The second-order valence-corrected chi connectivity index (χ2v) is 7.10. The lowest BCUT2D eigenvalue weighted by molar-refractivity contribution is -0.120. The number of nitrogens with one attached hydrogen (secondary N) is 2. The van der Waals surface area contributed by atoms with Crippen LogP contribution < -0.4 is 10.6 Å². The summed E-state index contributed by atoms with van der Waals surface area (Å²) in [5, 5.41) is 5.82. The van der Waals surface area contributed by atoms with E-state index in [0.717, 1.165) is 11.1 Å². The summed E-state index contributed by atoms with van der Waals surface area (Å²) in [7, 11) is 7.41. The Balaban J connectivity index is 2.22. The molecule has 2 amide bonds. The van der Waals surface area contributed by atoms with Gasteiger partial charge in [0.15, 0.2) is 0 Å². The Bertz CT molecular complexity index is 802. The van der Waals surface area contributed by atoms with E-state index in [0.29, 0.717) is 11.4 Å². The van der Waals surface area contributed by atoms with Crippen molar-refractivity contribution >= 4 is 23.2 Å². The van der Waals surface area contributed by atoms with E-state index in [1.807, 2.05) is 76.4 Å². The number of para-hydroxylation sites is 2. The van der Waals surface area contributed by atoms with E-state index in [9.17, 15) is 9.59 Å². The zero-order valence-corrected chi connectivity index (χ0v) is 16.6. The van der Waals surface area contributed by atoms with Gasteiger partial charge in [-0.2, -0.15) is 0 Å². The number of nitrogens with zero attached hydrogens (tertiary/aromatic N) is 2. The number of aryl methyl sites for hydroxylation is 1. The van der Waals surface area contributed by atoms with E-state index in [2.05, 4.69) is 10.6 Å². The second-order valence-electron chi connectivity index (χ2n) is 7.10. The molecule has 0 aromatic heterocycles. The fourth-order valence-corrected chi connectivity index (χ4v) is 2.90. The molecule has 2 N–H and O–H groups in total. The number of hydrogen-bond donors (Lipinski definition) is 2. The number of carbonyl (C=O) groups excluding carboxylic acids is 2. The van der Waals surface area contributed by atoms with Crippen LogP contribution in [0.1, 0.15) is 17.2 Å². The van der Waals surface area contributed by atoms with Gasteiger partial charge in [-0.25, -0.2) is 0 Å². The molecule has 0 spiro atoms. The third-order valence-corrected chi connectivity index (χ3v) is 4.04. The minimum Gasteiger partial charge on any atom is -0.323 e. The normalized spacial score (nSPS) is 12.1. The van der Waals surface area contributed by atoms with Crippen LogP contribution in [0, 0.1) is 6.92 Å². The minimum absolute atomic E-state index is 0.135. The zero-order chi connectivity index (χ0) is 20.0. The Kier molecular flexibility index (Phi) is 7.10. The van der Waals surface area contributed by atoms with Gasteiger partial charge in [0.1, 0.15) is 6.04 Å². The van der Waals surface area contributed by atoms with Gasteiger partial charge in [-0.3, -0.25) is 14.5 Å². The summed E-state index contributed by atoms with van der Waals surface area (Å²) >= 11 is 0. The van der Waals surface area contributed by atoms with Gasteiger partial charge in [-0.15, -0.1) is 0 Å². The van der Waals surface area contributed by atoms with Crippen LogP contribution in [0.5, 0.6) is 0 Å². The van der Waals surface area contributed by atoms with Gasteiger partial charge in [-0.1, -0.05) is 42.0 Å². The minimum atomic E-state index is -0.435. The molecule has 0 bridgehead atoms. The highest BCUT2D eigenvalue weighted by molar-refractivity contribution is 6.02. The van der Waals surface area contributed by atoms with Crippen molar-refractivity contribution in [2.75, 3.05) is 45.4 Å². The molecule has 0 saturated heterocycles. The van der Waals surface area contributed by atoms with Crippen LogP contribution in [0.15, 0.2) is 48.5 Å². The number of hydrogen-bond acceptors (Lipinski definition) is 4. The van der Waals surface area contributed by atoms with Crippen LogP contribution in [-0.2, 0) is 9.59 Å². The van der Waals surface area contributed by atoms with Crippen molar-refractivity contribution < 1.29 is 9.59 Å². The van der Waals surface area contributed by atoms with E-state index in [-0.39, 0.29) is 18.4 Å². The number of amides is 2. The average molecular weight is 368 g/mol. The SMILES string of the molecule is Cc1cccc(C(C(=O)Nc2ccccc2NC(=O)CN(C)C)N(C)C)c1. The molecular weight excluding hydrogens is 340 g/mol. The number of anilines is 2. The van der Waals surface area contributed by atoms with Crippen LogP contribution in [0.2, 0.25) is 0 Å². The Morgan fingerprint density at radius 1 is 0.926 bits per heavy atom. The van der Waals surface area contributed by atoms with Crippen molar-refractivity contribution in [1.29, 1.82) is 0 Å². The maximum atomic E-state index is 13.0. The predicted molar refractivity (Wildman–Crippen MR) is 110 cm³/mol. The van der Waals surface area contributed by atoms with Gasteiger partial charge >= 0.3 is 0 Å². The third-order valence-electron chi connectivity index (χ3n) is 4.04. The largest absolute Gasteiger partial charge is 0.323 e. The predicted octanol–water partition coefficient (Wildman–Crippen LogP) is 2.74. The highest BCUT2D eigenvalue weighted by Crippen LogP contribution is 2.25. The highest BCUT2D eigenvalue weighted by atomic mass is 16.2. The Morgan fingerprint density at radius 2 is 1.56 bits per heavy atom. The molecule has 1 unspecified atom stereocenters.